The highest BCUT2D eigenvalue weighted by Crippen LogP contribution is 2.65. The van der Waals surface area contributed by atoms with Gasteiger partial charge in [0.1, 0.15) is 6.10 Å². The molecule has 31 heavy (non-hydrogen) atoms. The van der Waals surface area contributed by atoms with Gasteiger partial charge in [0.15, 0.2) is 5.78 Å². The number of hydrogen-bond acceptors (Lipinski definition) is 5. The van der Waals surface area contributed by atoms with E-state index in [0.29, 0.717) is 24.2 Å². The predicted molar refractivity (Wildman–Crippen MR) is 121 cm³/mol. The summed E-state index contributed by atoms with van der Waals surface area (Å²) in [5.41, 5.74) is 1.77. The molecule has 0 spiro atoms. The Labute approximate surface area is 187 Å². The maximum absolute atomic E-state index is 12.8. The van der Waals surface area contributed by atoms with E-state index < -0.39 is 0 Å². The molecule has 1 saturated heterocycles. The number of hydrogen-bond donors (Lipinski definition) is 0. The first-order valence-corrected chi connectivity index (χ1v) is 12.6. The predicted octanol–water partition coefficient (Wildman–Crippen LogP) is 3.68. The van der Waals surface area contributed by atoms with Gasteiger partial charge in [0.2, 0.25) is 0 Å². The number of rotatable bonds is 3. The number of piperazine rings is 1. The molecule has 4 fully saturated rings. The van der Waals surface area contributed by atoms with Gasteiger partial charge in [-0.1, -0.05) is 19.4 Å². The van der Waals surface area contributed by atoms with Crippen LogP contribution in [0.4, 0.5) is 0 Å². The van der Waals surface area contributed by atoms with Crippen molar-refractivity contribution < 1.29 is 14.3 Å². The second-order valence-electron chi connectivity index (χ2n) is 11.6. The van der Waals surface area contributed by atoms with Crippen LogP contribution < -0.4 is 0 Å². The van der Waals surface area contributed by atoms with Crippen molar-refractivity contribution in [3.8, 4) is 0 Å². The highest BCUT2D eigenvalue weighted by molar-refractivity contribution is 5.91. The summed E-state index contributed by atoms with van der Waals surface area (Å²) in [6, 6.07) is 0. The first-order valence-electron chi connectivity index (χ1n) is 12.6. The maximum atomic E-state index is 12.8. The third-order valence-corrected chi connectivity index (χ3v) is 10.1. The number of ether oxygens (including phenoxy) is 1. The average molecular weight is 429 g/mol. The average Bonchev–Trinajstić information content (AvgIpc) is 3.06. The molecular formula is C26H40N2O3. The van der Waals surface area contributed by atoms with Crippen LogP contribution in [0.3, 0.4) is 0 Å². The molecule has 5 rings (SSSR count). The largest absolute Gasteiger partial charge is 0.461 e. The summed E-state index contributed by atoms with van der Waals surface area (Å²) in [5.74, 6) is 2.38. The molecule has 3 saturated carbocycles. The first kappa shape index (κ1) is 21.6. The van der Waals surface area contributed by atoms with Gasteiger partial charge in [-0.2, -0.15) is 0 Å². The van der Waals surface area contributed by atoms with Gasteiger partial charge in [-0.25, -0.2) is 0 Å². The Morgan fingerprint density at radius 1 is 1.03 bits per heavy atom. The van der Waals surface area contributed by atoms with Gasteiger partial charge in [0.25, 0.3) is 0 Å². The summed E-state index contributed by atoms with van der Waals surface area (Å²) in [4.78, 5) is 29.4. The Morgan fingerprint density at radius 3 is 2.58 bits per heavy atom. The van der Waals surface area contributed by atoms with Gasteiger partial charge in [0.05, 0.1) is 6.54 Å². The fourth-order valence-electron chi connectivity index (χ4n) is 8.09. The molecular weight excluding hydrogens is 388 g/mol. The Morgan fingerprint density at radius 2 is 1.81 bits per heavy atom. The lowest BCUT2D eigenvalue weighted by Crippen LogP contribution is -2.52. The van der Waals surface area contributed by atoms with Crippen LogP contribution in [0.5, 0.6) is 0 Å². The number of carbonyl (C=O) groups is 2. The number of likely N-dealkylation sites (N-methyl/N-ethyl adjacent to an activating group) is 1. The van der Waals surface area contributed by atoms with Crippen molar-refractivity contribution in [3.05, 3.63) is 11.6 Å². The van der Waals surface area contributed by atoms with Crippen LogP contribution in [0.15, 0.2) is 11.6 Å². The molecule has 0 aromatic carbocycles. The van der Waals surface area contributed by atoms with Gasteiger partial charge < -0.3 is 9.64 Å². The Hall–Kier alpha value is -1.20. The van der Waals surface area contributed by atoms with E-state index in [0.717, 1.165) is 64.2 Å². The van der Waals surface area contributed by atoms with Crippen molar-refractivity contribution in [3.63, 3.8) is 0 Å². The lowest BCUT2D eigenvalue weighted by molar-refractivity contribution is -0.161. The molecule has 0 unspecified atom stereocenters. The number of esters is 1. The summed E-state index contributed by atoms with van der Waals surface area (Å²) in [5, 5.41) is 0. The number of fused-ring (bicyclic) bond motifs is 5. The van der Waals surface area contributed by atoms with Crippen molar-refractivity contribution >= 4 is 11.8 Å². The molecule has 0 aromatic heterocycles. The van der Waals surface area contributed by atoms with Crippen LogP contribution in [0.1, 0.15) is 65.2 Å². The molecule has 5 nitrogen and oxygen atoms in total. The van der Waals surface area contributed by atoms with Gasteiger partial charge in [-0.05, 0) is 81.2 Å². The lowest BCUT2D eigenvalue weighted by atomic mass is 9.47. The van der Waals surface area contributed by atoms with E-state index in [9.17, 15) is 9.59 Å². The second kappa shape index (κ2) is 7.98. The summed E-state index contributed by atoms with van der Waals surface area (Å²) >= 11 is 0. The molecule has 172 valence electrons. The monoisotopic (exact) mass is 428 g/mol. The van der Waals surface area contributed by atoms with Crippen LogP contribution in [0, 0.1) is 28.6 Å². The van der Waals surface area contributed by atoms with Crippen molar-refractivity contribution in [2.75, 3.05) is 39.8 Å². The third kappa shape index (κ3) is 3.70. The standard InChI is InChI=1S/C26H40N2O3/c1-25-10-8-19(29)16-18(25)4-5-20-21-6-7-23(26(21,2)11-9-22(20)25)31-24(30)17-28-14-12-27(3)13-15-28/h16,20-23H,4-15,17H2,1-3H3/t20-,21-,22-,23-,25-,26-/m0/s1. The van der Waals surface area contributed by atoms with E-state index in [1.165, 1.54) is 24.8 Å². The van der Waals surface area contributed by atoms with E-state index in [1.54, 1.807) is 0 Å². The second-order valence-corrected chi connectivity index (χ2v) is 11.6. The van der Waals surface area contributed by atoms with Gasteiger partial charge in [0, 0.05) is 38.0 Å². The first-order chi connectivity index (χ1) is 14.8. The van der Waals surface area contributed by atoms with E-state index in [2.05, 4.69) is 30.7 Å². The van der Waals surface area contributed by atoms with Crippen molar-refractivity contribution in [1.29, 1.82) is 0 Å². The fourth-order valence-corrected chi connectivity index (χ4v) is 8.09. The fraction of sp³-hybridized carbons (Fsp3) is 0.846. The van der Waals surface area contributed by atoms with Crippen LogP contribution in [0.2, 0.25) is 0 Å². The minimum Gasteiger partial charge on any atom is -0.461 e. The van der Waals surface area contributed by atoms with Gasteiger partial charge in [-0.15, -0.1) is 0 Å². The molecule has 5 heteroatoms. The molecule has 4 aliphatic carbocycles. The Kier molecular flexibility index (Phi) is 5.57. The van der Waals surface area contributed by atoms with E-state index in [1.807, 2.05) is 6.08 Å². The Bertz CT molecular complexity index is 771. The van der Waals surface area contributed by atoms with Crippen LogP contribution in [-0.2, 0) is 14.3 Å². The van der Waals surface area contributed by atoms with Crippen LogP contribution in [-0.4, -0.2) is 67.4 Å². The zero-order valence-corrected chi connectivity index (χ0v) is 19.7. The molecule has 0 N–H and O–H groups in total. The van der Waals surface area contributed by atoms with E-state index in [-0.39, 0.29) is 22.9 Å². The number of carbonyl (C=O) groups excluding carboxylic acids is 2. The van der Waals surface area contributed by atoms with Crippen molar-refractivity contribution in [1.82, 2.24) is 9.80 Å². The summed E-state index contributed by atoms with van der Waals surface area (Å²) < 4.78 is 6.19. The molecule has 1 heterocycles. The van der Waals surface area contributed by atoms with Crippen LogP contribution in [0.25, 0.3) is 0 Å². The highest BCUT2D eigenvalue weighted by atomic mass is 16.5. The molecule has 0 radical (unpaired) electrons. The minimum atomic E-state index is -0.0230. The minimum absolute atomic E-state index is 0.0230. The maximum Gasteiger partial charge on any atom is 0.320 e. The SMILES string of the molecule is CN1CCN(CC(=O)O[C@H]2CC[C@H]3[C@@H]4CCC5=CC(=O)CC[C@]5(C)[C@H]4CC[C@]23C)CC1. The molecule has 6 atom stereocenters. The zero-order chi connectivity index (χ0) is 21.8. The summed E-state index contributed by atoms with van der Waals surface area (Å²) in [6.07, 6.45) is 10.7. The molecule has 0 bridgehead atoms. The number of nitrogens with zero attached hydrogens (tertiary/aromatic N) is 2. The lowest BCUT2D eigenvalue weighted by Gasteiger charge is -2.57. The van der Waals surface area contributed by atoms with Crippen LogP contribution >= 0.6 is 0 Å². The quantitative estimate of drug-likeness (QED) is 0.642. The van der Waals surface area contributed by atoms with Gasteiger partial charge >= 0.3 is 5.97 Å². The smallest absolute Gasteiger partial charge is 0.320 e. The van der Waals surface area contributed by atoms with Gasteiger partial charge in [-0.3, -0.25) is 14.5 Å². The van der Waals surface area contributed by atoms with E-state index in [4.69, 9.17) is 4.74 Å². The summed E-state index contributed by atoms with van der Waals surface area (Å²) in [6.45, 7) is 9.26. The zero-order valence-electron chi connectivity index (χ0n) is 19.7. The van der Waals surface area contributed by atoms with Crippen molar-refractivity contribution in [2.24, 2.45) is 28.6 Å². The third-order valence-electron chi connectivity index (χ3n) is 10.1. The molecule has 0 aromatic rings. The van der Waals surface area contributed by atoms with E-state index >= 15 is 0 Å². The summed E-state index contributed by atoms with van der Waals surface area (Å²) in [7, 11) is 2.14. The number of ketones is 1. The molecule has 0 amide bonds. The topological polar surface area (TPSA) is 49.9 Å². The highest BCUT2D eigenvalue weighted by Gasteiger charge is 2.60. The Balaban J connectivity index is 1.25. The normalized spacial score (nSPS) is 43.6. The molecule has 5 aliphatic rings. The molecule has 1 aliphatic heterocycles. The number of allylic oxidation sites excluding steroid dienone is 1. The van der Waals surface area contributed by atoms with Crippen molar-refractivity contribution in [2.45, 2.75) is 71.3 Å².